The molecule has 3 aliphatic carbocycles. The van der Waals surface area contributed by atoms with E-state index in [1.54, 1.807) is 80.6 Å². The average molecular weight is 968 g/mol. The molecule has 3 fully saturated rings. The summed E-state index contributed by atoms with van der Waals surface area (Å²) in [6, 6.07) is 22.4. The monoisotopic (exact) mass is 967 g/mol. The number of rotatable bonds is 14. The normalized spacial score (nSPS) is 29.4. The third kappa shape index (κ3) is 9.10. The number of methoxy groups -OCH3 is 2. The van der Waals surface area contributed by atoms with Gasteiger partial charge in [-0.1, -0.05) is 80.6 Å². The van der Waals surface area contributed by atoms with Crippen LogP contribution in [0.3, 0.4) is 0 Å². The van der Waals surface area contributed by atoms with Crippen LogP contribution in [0, 0.1) is 16.7 Å². The molecule has 3 aromatic rings. The standard InChI is InChI=1S/C52H57NO17/c1-28-34(67-48(61)42(68-38(57)25-37(56)64-8)40(31-18-12-9-13-19-31)53-46(59)32-20-14-10-15-21-32)26-52(62)45(69-47(60)33-22-16-11-17-23-33)43-50(6,44(58)41(66-29(2)54)39(28)49(52,4)5)35(63-7)24-36-51(43,27-65-36)70-30(3)55/h9-23,34-36,40-43,45,62H,24-27H2,1-8H3,(H,53,59)/t34?,35?,36?,40-,41?,42?,43?,45?,50+,51?,52?/m0/s1. The summed E-state index contributed by atoms with van der Waals surface area (Å²) in [6.07, 6.45) is -10.9. The van der Waals surface area contributed by atoms with E-state index in [0.29, 0.717) is 0 Å². The van der Waals surface area contributed by atoms with Gasteiger partial charge in [0.1, 0.15) is 36.4 Å². The summed E-state index contributed by atoms with van der Waals surface area (Å²) in [4.78, 5) is 112. The minimum Gasteiger partial charge on any atom is -0.469 e. The van der Waals surface area contributed by atoms with Crippen LogP contribution in [0.4, 0.5) is 0 Å². The highest BCUT2D eigenvalue weighted by molar-refractivity contribution is 5.97. The van der Waals surface area contributed by atoms with Crippen LogP contribution in [0.15, 0.2) is 102 Å². The quantitative estimate of drug-likeness (QED) is 0.0978. The molecule has 1 heterocycles. The number of fused-ring (bicyclic) bond motifs is 5. The number of esters is 6. The number of benzene rings is 3. The number of nitrogens with one attached hydrogen (secondary N) is 1. The maximum absolute atomic E-state index is 15.9. The summed E-state index contributed by atoms with van der Waals surface area (Å²) in [6.45, 7) is 8.12. The second-order valence-corrected chi connectivity index (χ2v) is 18.8. The Morgan fingerprint density at radius 3 is 1.94 bits per heavy atom. The van der Waals surface area contributed by atoms with Gasteiger partial charge in [-0.15, -0.1) is 0 Å². The predicted octanol–water partition coefficient (Wildman–Crippen LogP) is 4.50. The molecular weight excluding hydrogens is 911 g/mol. The van der Waals surface area contributed by atoms with E-state index in [1.807, 2.05) is 0 Å². The molecule has 4 aliphatic rings. The van der Waals surface area contributed by atoms with Gasteiger partial charge in [-0.3, -0.25) is 28.8 Å². The second-order valence-electron chi connectivity index (χ2n) is 18.8. The Hall–Kier alpha value is -6.76. The number of Topliss-reactive ketones (excluding diaryl/α,β-unsaturated/α-hetero) is 1. The van der Waals surface area contributed by atoms with Crippen molar-refractivity contribution >= 4 is 47.5 Å². The number of carbonyl (C=O) groups is 8. The zero-order valence-electron chi connectivity index (χ0n) is 40.1. The molecule has 2 N–H and O–H groups in total. The zero-order chi connectivity index (χ0) is 50.9. The Kier molecular flexibility index (Phi) is 14.5. The van der Waals surface area contributed by atoms with E-state index in [1.165, 1.54) is 52.1 Å². The molecule has 18 heteroatoms. The highest BCUT2D eigenvalue weighted by Crippen LogP contribution is 2.65. The molecule has 1 amide bonds. The Bertz CT molecular complexity index is 2560. The van der Waals surface area contributed by atoms with Crippen LogP contribution in [0.5, 0.6) is 0 Å². The van der Waals surface area contributed by atoms with E-state index in [-0.39, 0.29) is 40.9 Å². The fourth-order valence-corrected chi connectivity index (χ4v) is 11.0. The van der Waals surface area contributed by atoms with Crippen LogP contribution >= 0.6 is 0 Å². The van der Waals surface area contributed by atoms with Gasteiger partial charge in [-0.05, 0) is 54.8 Å². The largest absolute Gasteiger partial charge is 0.469 e. The van der Waals surface area contributed by atoms with Crippen molar-refractivity contribution in [3.05, 3.63) is 119 Å². The summed E-state index contributed by atoms with van der Waals surface area (Å²) < 4.78 is 47.5. The zero-order valence-corrected chi connectivity index (χ0v) is 40.1. The maximum Gasteiger partial charge on any atom is 0.350 e. The molecule has 0 aromatic heterocycles. The van der Waals surface area contributed by atoms with E-state index in [9.17, 15) is 33.9 Å². The van der Waals surface area contributed by atoms with E-state index in [4.69, 9.17) is 33.2 Å². The van der Waals surface area contributed by atoms with Crippen LogP contribution in [0.25, 0.3) is 0 Å². The topological polar surface area (TPSA) is 243 Å². The van der Waals surface area contributed by atoms with Crippen molar-refractivity contribution in [1.29, 1.82) is 0 Å². The first-order valence-corrected chi connectivity index (χ1v) is 22.8. The minimum atomic E-state index is -2.44. The van der Waals surface area contributed by atoms with E-state index >= 15 is 9.59 Å². The Morgan fingerprint density at radius 1 is 0.800 bits per heavy atom. The minimum absolute atomic E-state index is 0.00572. The summed E-state index contributed by atoms with van der Waals surface area (Å²) in [5.41, 5.74) is -7.17. The first kappa shape index (κ1) is 51.1. The molecule has 11 atom stereocenters. The molecule has 0 radical (unpaired) electrons. The van der Waals surface area contributed by atoms with Crippen molar-refractivity contribution in [1.82, 2.24) is 5.32 Å². The number of ketones is 1. The van der Waals surface area contributed by atoms with Crippen molar-refractivity contribution in [3.63, 3.8) is 0 Å². The molecule has 70 heavy (non-hydrogen) atoms. The van der Waals surface area contributed by atoms with Crippen LogP contribution in [-0.2, 0) is 66.7 Å². The molecule has 1 aliphatic heterocycles. The van der Waals surface area contributed by atoms with Gasteiger partial charge < -0.3 is 48.3 Å². The van der Waals surface area contributed by atoms with Gasteiger partial charge in [0.25, 0.3) is 5.91 Å². The summed E-state index contributed by atoms with van der Waals surface area (Å²) in [5, 5.41) is 16.8. The van der Waals surface area contributed by atoms with Gasteiger partial charge in [-0.25, -0.2) is 9.59 Å². The lowest BCUT2D eigenvalue weighted by molar-refractivity contribution is -0.347. The molecule has 0 spiro atoms. The Labute approximate surface area is 404 Å². The van der Waals surface area contributed by atoms with E-state index in [2.05, 4.69) is 10.1 Å². The van der Waals surface area contributed by atoms with Gasteiger partial charge in [0.05, 0.1) is 36.7 Å². The number of hydrogen-bond acceptors (Lipinski definition) is 17. The number of ether oxygens (including phenoxy) is 8. The number of hydrogen-bond donors (Lipinski definition) is 2. The summed E-state index contributed by atoms with van der Waals surface area (Å²) in [5.74, 6) is -9.06. The lowest BCUT2D eigenvalue weighted by Crippen LogP contribution is -2.82. The van der Waals surface area contributed by atoms with Crippen molar-refractivity contribution < 1.29 is 81.4 Å². The summed E-state index contributed by atoms with van der Waals surface area (Å²) in [7, 11) is 2.42. The lowest BCUT2D eigenvalue weighted by Gasteiger charge is -2.67. The number of amides is 1. The summed E-state index contributed by atoms with van der Waals surface area (Å²) >= 11 is 0. The fraction of sp³-hybridized carbons (Fsp3) is 0.462. The van der Waals surface area contributed by atoms with Crippen LogP contribution in [0.1, 0.15) is 93.1 Å². The highest BCUT2D eigenvalue weighted by Gasteiger charge is 2.78. The van der Waals surface area contributed by atoms with Crippen LogP contribution < -0.4 is 5.32 Å². The molecule has 3 aromatic carbocycles. The smallest absolute Gasteiger partial charge is 0.350 e. The van der Waals surface area contributed by atoms with Crippen molar-refractivity contribution in [2.45, 2.75) is 115 Å². The predicted molar refractivity (Wildman–Crippen MR) is 243 cm³/mol. The molecule has 7 rings (SSSR count). The van der Waals surface area contributed by atoms with Gasteiger partial charge in [-0.2, -0.15) is 0 Å². The Morgan fingerprint density at radius 2 is 1.40 bits per heavy atom. The molecule has 372 valence electrons. The van der Waals surface area contributed by atoms with Gasteiger partial charge in [0.15, 0.2) is 17.5 Å². The SMILES string of the molecule is COC(=O)CC(=O)OC(C(=O)OC1CC2(O)C(OC(=O)c3ccccc3)C3C4(OC(C)=O)COC4CC(OC)[C@@]3(C)C(=O)C(OC(C)=O)C(=C1C)C2(C)C)[C@@H](NC(=O)c1ccccc1)c1ccccc1. The van der Waals surface area contributed by atoms with Gasteiger partial charge in [0.2, 0.25) is 6.10 Å². The third-order valence-electron chi connectivity index (χ3n) is 14.5. The number of aliphatic hydroxyl groups is 1. The molecule has 9 unspecified atom stereocenters. The Balaban J connectivity index is 1.44. The molecule has 1 saturated heterocycles. The van der Waals surface area contributed by atoms with Gasteiger partial charge in [0, 0.05) is 44.8 Å². The highest BCUT2D eigenvalue weighted by atomic mass is 16.6. The van der Waals surface area contributed by atoms with Crippen molar-refractivity contribution in [2.24, 2.45) is 16.7 Å². The van der Waals surface area contributed by atoms with Crippen molar-refractivity contribution in [2.75, 3.05) is 20.8 Å². The van der Waals surface area contributed by atoms with Crippen molar-refractivity contribution in [3.8, 4) is 0 Å². The first-order valence-electron chi connectivity index (χ1n) is 22.8. The van der Waals surface area contributed by atoms with Gasteiger partial charge >= 0.3 is 35.8 Å². The molecule has 2 bridgehead atoms. The first-order chi connectivity index (χ1) is 33.1. The third-order valence-corrected chi connectivity index (χ3v) is 14.5. The molecule has 2 saturated carbocycles. The fourth-order valence-electron chi connectivity index (χ4n) is 11.0. The second kappa shape index (κ2) is 19.9. The van der Waals surface area contributed by atoms with E-state index in [0.717, 1.165) is 14.0 Å². The van der Waals surface area contributed by atoms with Crippen LogP contribution in [0.2, 0.25) is 0 Å². The molecular formula is C52H57NO17. The van der Waals surface area contributed by atoms with Crippen LogP contribution in [-0.4, -0.2) is 121 Å². The number of carbonyl (C=O) groups excluding carboxylic acids is 8. The van der Waals surface area contributed by atoms with E-state index < -0.39 is 131 Å². The molecule has 18 nitrogen and oxygen atoms in total. The lowest BCUT2D eigenvalue weighted by atomic mass is 9.44. The maximum atomic E-state index is 15.9. The average Bonchev–Trinajstić information content (AvgIpc) is 3.32.